The number of hydrogen-bond acceptors (Lipinski definition) is 3. The average molecular weight is 334 g/mol. The quantitative estimate of drug-likeness (QED) is 0.783. The molecule has 0 aliphatic carbocycles. The van der Waals surface area contributed by atoms with Crippen LogP contribution in [-0.4, -0.2) is 47.2 Å². The number of nitrogens with zero attached hydrogens (tertiary/aromatic N) is 3. The van der Waals surface area contributed by atoms with Gasteiger partial charge >= 0.3 is 0 Å². The smallest absolute Gasteiger partial charge is 0.275 e. The van der Waals surface area contributed by atoms with Crippen LogP contribution in [0.25, 0.3) is 10.9 Å². The largest absolute Gasteiger partial charge is 0.368 e. The van der Waals surface area contributed by atoms with Gasteiger partial charge in [-0.05, 0) is 43.7 Å². The van der Waals surface area contributed by atoms with Crippen LogP contribution in [0.3, 0.4) is 0 Å². The molecule has 4 rings (SSSR count). The van der Waals surface area contributed by atoms with Crippen molar-refractivity contribution in [3.8, 4) is 0 Å². The maximum Gasteiger partial charge on any atom is 0.275 e. The van der Waals surface area contributed by atoms with E-state index in [4.69, 9.17) is 0 Å². The summed E-state index contributed by atoms with van der Waals surface area (Å²) in [7, 11) is 0. The third-order valence-corrected chi connectivity index (χ3v) is 4.85. The molecule has 2 heterocycles. The second kappa shape index (κ2) is 6.24. The first-order chi connectivity index (χ1) is 12.1. The number of piperazine rings is 1. The second-order valence-corrected chi connectivity index (χ2v) is 6.74. The number of benzene rings is 2. The van der Waals surface area contributed by atoms with Crippen molar-refractivity contribution in [2.24, 2.45) is 0 Å². The van der Waals surface area contributed by atoms with Gasteiger partial charge in [0.25, 0.3) is 5.91 Å². The summed E-state index contributed by atoms with van der Waals surface area (Å²) in [4.78, 5) is 17.2. The topological polar surface area (TPSA) is 52.2 Å². The number of anilines is 1. The van der Waals surface area contributed by atoms with Crippen molar-refractivity contribution in [1.82, 2.24) is 15.1 Å². The summed E-state index contributed by atoms with van der Waals surface area (Å²) in [6.45, 7) is 7.25. The molecule has 5 nitrogen and oxygen atoms in total. The Morgan fingerprint density at radius 1 is 1.00 bits per heavy atom. The van der Waals surface area contributed by atoms with Crippen molar-refractivity contribution in [1.29, 1.82) is 0 Å². The van der Waals surface area contributed by atoms with Crippen molar-refractivity contribution in [2.45, 2.75) is 13.8 Å². The van der Waals surface area contributed by atoms with Crippen LogP contribution in [-0.2, 0) is 0 Å². The van der Waals surface area contributed by atoms with Gasteiger partial charge in [-0.1, -0.05) is 23.8 Å². The number of aryl methyl sites for hydroxylation is 2. The highest BCUT2D eigenvalue weighted by Crippen LogP contribution is 2.21. The molecule has 2 aromatic carbocycles. The first-order valence-corrected chi connectivity index (χ1v) is 8.67. The molecule has 25 heavy (non-hydrogen) atoms. The van der Waals surface area contributed by atoms with Gasteiger partial charge in [-0.25, -0.2) is 0 Å². The molecule has 0 bridgehead atoms. The molecular weight excluding hydrogens is 312 g/mol. The molecule has 0 radical (unpaired) electrons. The summed E-state index contributed by atoms with van der Waals surface area (Å²) in [5.41, 5.74) is 5.06. The maximum atomic E-state index is 12.9. The van der Waals surface area contributed by atoms with Gasteiger partial charge in [-0.3, -0.25) is 9.89 Å². The highest BCUT2D eigenvalue weighted by Gasteiger charge is 2.25. The normalized spacial score (nSPS) is 15.0. The Hall–Kier alpha value is -2.82. The number of fused-ring (bicyclic) bond motifs is 1. The van der Waals surface area contributed by atoms with E-state index < -0.39 is 0 Å². The summed E-state index contributed by atoms with van der Waals surface area (Å²) in [6, 6.07) is 14.5. The van der Waals surface area contributed by atoms with Gasteiger partial charge in [-0.15, -0.1) is 0 Å². The Balaban J connectivity index is 1.50. The fourth-order valence-corrected chi connectivity index (χ4v) is 3.43. The zero-order valence-electron chi connectivity index (χ0n) is 14.6. The molecule has 5 heteroatoms. The number of carbonyl (C=O) groups is 1. The van der Waals surface area contributed by atoms with E-state index >= 15 is 0 Å². The van der Waals surface area contributed by atoms with Crippen molar-refractivity contribution in [2.75, 3.05) is 31.1 Å². The zero-order valence-corrected chi connectivity index (χ0v) is 14.6. The van der Waals surface area contributed by atoms with Crippen molar-refractivity contribution in [3.63, 3.8) is 0 Å². The lowest BCUT2D eigenvalue weighted by Crippen LogP contribution is -2.49. The highest BCUT2D eigenvalue weighted by atomic mass is 16.2. The minimum absolute atomic E-state index is 0.0146. The monoisotopic (exact) mass is 334 g/mol. The summed E-state index contributed by atoms with van der Waals surface area (Å²) in [5, 5.41) is 8.15. The van der Waals surface area contributed by atoms with Crippen LogP contribution in [0.2, 0.25) is 0 Å². The molecular formula is C20H22N4O. The molecule has 1 amide bonds. The Labute approximate surface area is 147 Å². The van der Waals surface area contributed by atoms with Gasteiger partial charge in [0, 0.05) is 37.3 Å². The van der Waals surface area contributed by atoms with Gasteiger partial charge in [0.05, 0.1) is 5.52 Å². The fourth-order valence-electron chi connectivity index (χ4n) is 3.43. The molecule has 128 valence electrons. The van der Waals surface area contributed by atoms with E-state index in [0.717, 1.165) is 29.6 Å². The molecule has 0 atom stereocenters. The third kappa shape index (κ3) is 2.97. The maximum absolute atomic E-state index is 12.9. The molecule has 1 aliphatic heterocycles. The lowest BCUT2D eigenvalue weighted by atomic mass is 10.1. The number of carbonyl (C=O) groups excluding carboxylic acids is 1. The lowest BCUT2D eigenvalue weighted by Gasteiger charge is -2.36. The fraction of sp³-hybridized carbons (Fsp3) is 0.300. The van der Waals surface area contributed by atoms with Crippen LogP contribution < -0.4 is 4.90 Å². The number of aromatic nitrogens is 2. The van der Waals surface area contributed by atoms with Gasteiger partial charge in [0.1, 0.15) is 0 Å². The summed E-state index contributed by atoms with van der Waals surface area (Å²) >= 11 is 0. The minimum atomic E-state index is 0.0146. The molecule has 0 saturated carbocycles. The number of amides is 1. The van der Waals surface area contributed by atoms with E-state index in [0.29, 0.717) is 18.8 Å². The zero-order chi connectivity index (χ0) is 17.4. The first-order valence-electron chi connectivity index (χ1n) is 8.67. The number of aromatic amines is 1. The van der Waals surface area contributed by atoms with E-state index in [2.05, 4.69) is 46.3 Å². The van der Waals surface area contributed by atoms with Crippen LogP contribution in [0, 0.1) is 13.8 Å². The average Bonchev–Trinajstić information content (AvgIpc) is 3.04. The number of nitrogens with one attached hydrogen (secondary N) is 1. The Bertz CT molecular complexity index is 922. The molecule has 0 unspecified atom stereocenters. The molecule has 1 fully saturated rings. The van der Waals surface area contributed by atoms with Gasteiger partial charge in [-0.2, -0.15) is 5.10 Å². The van der Waals surface area contributed by atoms with Gasteiger partial charge in [0.15, 0.2) is 5.69 Å². The summed E-state index contributed by atoms with van der Waals surface area (Å²) in [5.74, 6) is 0.0146. The Kier molecular flexibility index (Phi) is 3.92. The van der Waals surface area contributed by atoms with E-state index in [1.165, 1.54) is 11.3 Å². The SMILES string of the molecule is Cc1cccc(N2CCN(C(=O)c3n[nH]c4ccc(C)cc34)CC2)c1. The van der Waals surface area contributed by atoms with Crippen LogP contribution in [0.4, 0.5) is 5.69 Å². The predicted molar refractivity (Wildman–Crippen MR) is 100 cm³/mol. The Morgan fingerprint density at radius 3 is 2.52 bits per heavy atom. The van der Waals surface area contributed by atoms with E-state index in [9.17, 15) is 4.79 Å². The minimum Gasteiger partial charge on any atom is -0.368 e. The molecule has 1 aliphatic rings. The van der Waals surface area contributed by atoms with Crippen LogP contribution in [0.5, 0.6) is 0 Å². The predicted octanol–water partition coefficient (Wildman–Crippen LogP) is 3.14. The van der Waals surface area contributed by atoms with Crippen molar-refractivity contribution < 1.29 is 4.79 Å². The van der Waals surface area contributed by atoms with Crippen molar-refractivity contribution >= 4 is 22.5 Å². The molecule has 0 spiro atoms. The van der Waals surface area contributed by atoms with E-state index in [1.807, 2.05) is 30.0 Å². The van der Waals surface area contributed by atoms with Crippen LogP contribution >= 0.6 is 0 Å². The summed E-state index contributed by atoms with van der Waals surface area (Å²) in [6.07, 6.45) is 0. The van der Waals surface area contributed by atoms with Crippen LogP contribution in [0.15, 0.2) is 42.5 Å². The van der Waals surface area contributed by atoms with E-state index in [1.54, 1.807) is 0 Å². The van der Waals surface area contributed by atoms with Gasteiger partial charge in [0.2, 0.25) is 0 Å². The number of H-pyrrole nitrogens is 1. The first kappa shape index (κ1) is 15.7. The molecule has 1 aromatic heterocycles. The second-order valence-electron chi connectivity index (χ2n) is 6.74. The van der Waals surface area contributed by atoms with Crippen LogP contribution in [0.1, 0.15) is 21.6 Å². The standard InChI is InChI=1S/C20H22N4O/c1-14-4-3-5-16(12-14)23-8-10-24(11-9-23)20(25)19-17-13-15(2)6-7-18(17)21-22-19/h3-7,12-13H,8-11H2,1-2H3,(H,21,22). The van der Waals surface area contributed by atoms with Gasteiger partial charge < -0.3 is 9.80 Å². The molecule has 1 N–H and O–H groups in total. The molecule has 3 aromatic rings. The van der Waals surface area contributed by atoms with E-state index in [-0.39, 0.29) is 5.91 Å². The highest BCUT2D eigenvalue weighted by molar-refractivity contribution is 6.04. The summed E-state index contributed by atoms with van der Waals surface area (Å²) < 4.78 is 0. The van der Waals surface area contributed by atoms with Crippen molar-refractivity contribution in [3.05, 3.63) is 59.3 Å². The lowest BCUT2D eigenvalue weighted by molar-refractivity contribution is 0.0742. The number of rotatable bonds is 2. The molecule has 1 saturated heterocycles. The Morgan fingerprint density at radius 2 is 1.76 bits per heavy atom. The third-order valence-electron chi connectivity index (χ3n) is 4.85. The number of hydrogen-bond donors (Lipinski definition) is 1.